The Morgan fingerprint density at radius 1 is 1.59 bits per heavy atom. The van der Waals surface area contributed by atoms with Crippen LogP contribution in [0.2, 0.25) is 0 Å². The number of methoxy groups -OCH3 is 1. The van der Waals surface area contributed by atoms with Crippen LogP contribution in [0, 0.1) is 6.92 Å². The molecule has 94 valence electrons. The van der Waals surface area contributed by atoms with E-state index in [1.165, 1.54) is 4.57 Å². The first-order chi connectivity index (χ1) is 8.04. The number of carbonyl (C=O) groups is 1. The maximum atomic E-state index is 11.7. The Bertz CT molecular complexity index is 457. The molecular formula is C11H15BrN2O3. The van der Waals surface area contributed by atoms with Crippen molar-refractivity contribution >= 4 is 21.8 Å². The van der Waals surface area contributed by atoms with Gasteiger partial charge in [-0.05, 0) is 28.9 Å². The molecule has 0 saturated heterocycles. The molecule has 0 unspecified atom stereocenters. The monoisotopic (exact) mass is 302 g/mol. The summed E-state index contributed by atoms with van der Waals surface area (Å²) in [6.07, 6.45) is 1.60. The molecule has 1 heterocycles. The lowest BCUT2D eigenvalue weighted by molar-refractivity contribution is -0.121. The molecule has 6 heteroatoms. The zero-order chi connectivity index (χ0) is 12.8. The highest BCUT2D eigenvalue weighted by Crippen LogP contribution is 2.07. The second kappa shape index (κ2) is 6.56. The van der Waals surface area contributed by atoms with Crippen molar-refractivity contribution in [2.45, 2.75) is 13.5 Å². The van der Waals surface area contributed by atoms with Crippen LogP contribution in [0.3, 0.4) is 0 Å². The van der Waals surface area contributed by atoms with E-state index in [9.17, 15) is 9.59 Å². The number of nitrogens with one attached hydrogen (secondary N) is 1. The van der Waals surface area contributed by atoms with Gasteiger partial charge in [-0.15, -0.1) is 0 Å². The molecule has 1 aromatic heterocycles. The van der Waals surface area contributed by atoms with Gasteiger partial charge in [0.15, 0.2) is 0 Å². The molecule has 1 rings (SSSR count). The van der Waals surface area contributed by atoms with E-state index in [2.05, 4.69) is 21.2 Å². The number of rotatable bonds is 5. The summed E-state index contributed by atoms with van der Waals surface area (Å²) in [7, 11) is 1.56. The number of pyridine rings is 1. The number of hydrogen-bond acceptors (Lipinski definition) is 3. The summed E-state index contributed by atoms with van der Waals surface area (Å²) in [4.78, 5) is 23.2. The van der Waals surface area contributed by atoms with Gasteiger partial charge in [-0.25, -0.2) is 0 Å². The van der Waals surface area contributed by atoms with Crippen molar-refractivity contribution in [2.75, 3.05) is 20.3 Å². The summed E-state index contributed by atoms with van der Waals surface area (Å²) < 4.78 is 6.97. The maximum Gasteiger partial charge on any atom is 0.253 e. The van der Waals surface area contributed by atoms with Gasteiger partial charge in [-0.3, -0.25) is 9.59 Å². The molecule has 0 aliphatic carbocycles. The van der Waals surface area contributed by atoms with Crippen molar-refractivity contribution < 1.29 is 9.53 Å². The summed E-state index contributed by atoms with van der Waals surface area (Å²) >= 11 is 3.29. The molecule has 1 aromatic rings. The number of carbonyl (C=O) groups excluding carboxylic acids is 1. The van der Waals surface area contributed by atoms with Crippen molar-refractivity contribution in [1.29, 1.82) is 0 Å². The Balaban J connectivity index is 2.68. The van der Waals surface area contributed by atoms with E-state index in [4.69, 9.17) is 4.74 Å². The minimum atomic E-state index is -0.207. The number of halogens is 1. The van der Waals surface area contributed by atoms with Gasteiger partial charge in [-0.1, -0.05) is 0 Å². The molecular weight excluding hydrogens is 288 g/mol. The van der Waals surface area contributed by atoms with Gasteiger partial charge in [0.2, 0.25) is 5.91 Å². The van der Waals surface area contributed by atoms with Gasteiger partial charge in [0, 0.05) is 29.9 Å². The third-order valence-electron chi connectivity index (χ3n) is 2.17. The molecule has 0 aliphatic heterocycles. The summed E-state index contributed by atoms with van der Waals surface area (Å²) in [6, 6.07) is 1.72. The van der Waals surface area contributed by atoms with Crippen molar-refractivity contribution in [3.63, 3.8) is 0 Å². The normalized spacial score (nSPS) is 10.3. The van der Waals surface area contributed by atoms with Crippen LogP contribution in [0.4, 0.5) is 0 Å². The van der Waals surface area contributed by atoms with E-state index >= 15 is 0 Å². The number of aromatic nitrogens is 1. The lowest BCUT2D eigenvalue weighted by Crippen LogP contribution is -2.34. The predicted octanol–water partition coefficient (Wildman–Crippen LogP) is 0.682. The molecule has 0 radical (unpaired) electrons. The molecule has 0 aromatic carbocycles. The van der Waals surface area contributed by atoms with Crippen molar-refractivity contribution in [3.8, 4) is 0 Å². The molecule has 1 amide bonds. The molecule has 17 heavy (non-hydrogen) atoms. The van der Waals surface area contributed by atoms with E-state index in [1.807, 2.05) is 0 Å². The first-order valence-corrected chi connectivity index (χ1v) is 5.96. The fourth-order valence-corrected chi connectivity index (χ4v) is 1.95. The molecule has 0 bridgehead atoms. The van der Waals surface area contributed by atoms with Crippen molar-refractivity contribution in [1.82, 2.24) is 9.88 Å². The van der Waals surface area contributed by atoms with Crippen LogP contribution in [0.25, 0.3) is 0 Å². The van der Waals surface area contributed by atoms with Gasteiger partial charge in [0.1, 0.15) is 6.54 Å². The van der Waals surface area contributed by atoms with Crippen LogP contribution < -0.4 is 10.9 Å². The topological polar surface area (TPSA) is 60.3 Å². The predicted molar refractivity (Wildman–Crippen MR) is 68.0 cm³/mol. The Labute approximate surface area is 108 Å². The summed E-state index contributed by atoms with van der Waals surface area (Å²) in [5.74, 6) is -0.207. The second-order valence-electron chi connectivity index (χ2n) is 3.62. The van der Waals surface area contributed by atoms with Crippen molar-refractivity contribution in [2.24, 2.45) is 0 Å². The SMILES string of the molecule is COCCNC(=O)Cn1cc(Br)cc(C)c1=O. The maximum absolute atomic E-state index is 11.7. The fourth-order valence-electron chi connectivity index (χ4n) is 1.36. The van der Waals surface area contributed by atoms with Gasteiger partial charge >= 0.3 is 0 Å². The highest BCUT2D eigenvalue weighted by atomic mass is 79.9. The quantitative estimate of drug-likeness (QED) is 0.814. The smallest absolute Gasteiger partial charge is 0.253 e. The Morgan fingerprint density at radius 3 is 2.94 bits per heavy atom. The van der Waals surface area contributed by atoms with E-state index in [0.29, 0.717) is 18.7 Å². The van der Waals surface area contributed by atoms with Gasteiger partial charge < -0.3 is 14.6 Å². The Kier molecular flexibility index (Phi) is 5.37. The number of ether oxygens (including phenoxy) is 1. The zero-order valence-electron chi connectivity index (χ0n) is 9.83. The molecule has 0 fully saturated rings. The Morgan fingerprint density at radius 2 is 2.29 bits per heavy atom. The lowest BCUT2D eigenvalue weighted by Gasteiger charge is -2.08. The van der Waals surface area contributed by atoms with Crippen LogP contribution in [-0.2, 0) is 16.1 Å². The molecule has 1 N–H and O–H groups in total. The molecule has 0 atom stereocenters. The van der Waals surface area contributed by atoms with Crippen LogP contribution in [0.1, 0.15) is 5.56 Å². The molecule has 5 nitrogen and oxygen atoms in total. The fraction of sp³-hybridized carbons (Fsp3) is 0.455. The first kappa shape index (κ1) is 13.9. The standard InChI is InChI=1S/C11H15BrN2O3/c1-8-5-9(12)6-14(11(8)16)7-10(15)13-3-4-17-2/h5-6H,3-4,7H2,1-2H3,(H,13,15). The summed E-state index contributed by atoms with van der Waals surface area (Å²) in [5.41, 5.74) is 0.444. The average molecular weight is 303 g/mol. The Hall–Kier alpha value is -1.14. The van der Waals surface area contributed by atoms with Crippen LogP contribution in [-0.4, -0.2) is 30.7 Å². The third kappa shape index (κ3) is 4.32. The van der Waals surface area contributed by atoms with Crippen LogP contribution >= 0.6 is 15.9 Å². The highest BCUT2D eigenvalue weighted by Gasteiger charge is 2.06. The van der Waals surface area contributed by atoms with Gasteiger partial charge in [0.25, 0.3) is 5.56 Å². The molecule has 0 saturated carbocycles. The van der Waals surface area contributed by atoms with E-state index < -0.39 is 0 Å². The number of amides is 1. The second-order valence-corrected chi connectivity index (χ2v) is 4.53. The summed E-state index contributed by atoms with van der Waals surface area (Å²) in [6.45, 7) is 2.63. The number of hydrogen-bond donors (Lipinski definition) is 1. The van der Waals surface area contributed by atoms with E-state index in [0.717, 1.165) is 4.47 Å². The third-order valence-corrected chi connectivity index (χ3v) is 2.61. The minimum Gasteiger partial charge on any atom is -0.383 e. The van der Waals surface area contributed by atoms with Gasteiger partial charge in [0.05, 0.1) is 6.61 Å². The van der Waals surface area contributed by atoms with Crippen LogP contribution in [0.5, 0.6) is 0 Å². The summed E-state index contributed by atoms with van der Waals surface area (Å²) in [5, 5.41) is 2.66. The first-order valence-electron chi connectivity index (χ1n) is 5.17. The molecule has 0 spiro atoms. The number of aryl methyl sites for hydroxylation is 1. The lowest BCUT2D eigenvalue weighted by atomic mass is 10.3. The van der Waals surface area contributed by atoms with Crippen LogP contribution in [0.15, 0.2) is 21.5 Å². The van der Waals surface area contributed by atoms with Gasteiger partial charge in [-0.2, -0.15) is 0 Å². The average Bonchev–Trinajstić information content (AvgIpc) is 2.25. The highest BCUT2D eigenvalue weighted by molar-refractivity contribution is 9.10. The minimum absolute atomic E-state index is 0.0167. The van der Waals surface area contributed by atoms with Crippen molar-refractivity contribution in [3.05, 3.63) is 32.7 Å². The van der Waals surface area contributed by atoms with E-state index in [-0.39, 0.29) is 18.0 Å². The largest absolute Gasteiger partial charge is 0.383 e. The van der Waals surface area contributed by atoms with E-state index in [1.54, 1.807) is 26.3 Å². The number of nitrogens with zero attached hydrogens (tertiary/aromatic N) is 1. The zero-order valence-corrected chi connectivity index (χ0v) is 11.4. The molecule has 0 aliphatic rings.